The summed E-state index contributed by atoms with van der Waals surface area (Å²) in [6.45, 7) is 3.44. The van der Waals surface area contributed by atoms with Gasteiger partial charge in [0.15, 0.2) is 0 Å². The van der Waals surface area contributed by atoms with E-state index in [1.807, 2.05) is 26.0 Å². The summed E-state index contributed by atoms with van der Waals surface area (Å²) in [6, 6.07) is 7.22. The SMILES string of the molecule is CC(C)Oc1ccccc1CC(=O)NCC(=O)O. The number of nitrogens with one attached hydrogen (secondary N) is 1. The summed E-state index contributed by atoms with van der Waals surface area (Å²) in [5.41, 5.74) is 0.745. The number of hydrogen-bond donors (Lipinski definition) is 2. The zero-order chi connectivity index (χ0) is 13.5. The van der Waals surface area contributed by atoms with Crippen molar-refractivity contribution in [2.24, 2.45) is 0 Å². The first kappa shape index (κ1) is 14.0. The van der Waals surface area contributed by atoms with E-state index in [1.54, 1.807) is 12.1 Å². The molecule has 0 aliphatic heterocycles. The summed E-state index contributed by atoms with van der Waals surface area (Å²) >= 11 is 0. The minimum atomic E-state index is -1.06. The number of carbonyl (C=O) groups excluding carboxylic acids is 1. The lowest BCUT2D eigenvalue weighted by molar-refractivity contribution is -0.137. The molecule has 0 atom stereocenters. The van der Waals surface area contributed by atoms with Crippen molar-refractivity contribution in [2.75, 3.05) is 6.54 Å². The van der Waals surface area contributed by atoms with Crippen LogP contribution in [0.1, 0.15) is 19.4 Å². The Bertz CT molecular complexity index is 429. The van der Waals surface area contributed by atoms with E-state index < -0.39 is 5.97 Å². The molecule has 98 valence electrons. The maximum absolute atomic E-state index is 11.5. The number of benzene rings is 1. The van der Waals surface area contributed by atoms with Gasteiger partial charge < -0.3 is 15.2 Å². The first-order chi connectivity index (χ1) is 8.49. The number of carbonyl (C=O) groups is 2. The monoisotopic (exact) mass is 251 g/mol. The molecule has 0 aliphatic rings. The summed E-state index contributed by atoms with van der Waals surface area (Å²) in [5, 5.41) is 10.8. The van der Waals surface area contributed by atoms with Crippen LogP contribution in [0.15, 0.2) is 24.3 Å². The number of ether oxygens (including phenoxy) is 1. The van der Waals surface area contributed by atoms with Gasteiger partial charge in [-0.1, -0.05) is 18.2 Å². The number of carboxylic acid groups (broad SMARTS) is 1. The van der Waals surface area contributed by atoms with E-state index in [0.717, 1.165) is 5.56 Å². The Kier molecular flexibility index (Phi) is 5.17. The van der Waals surface area contributed by atoms with Gasteiger partial charge in [-0.05, 0) is 19.9 Å². The predicted molar refractivity (Wildman–Crippen MR) is 66.6 cm³/mol. The second-order valence-electron chi connectivity index (χ2n) is 4.12. The van der Waals surface area contributed by atoms with Gasteiger partial charge in [-0.25, -0.2) is 0 Å². The average Bonchev–Trinajstić information content (AvgIpc) is 2.28. The van der Waals surface area contributed by atoms with Crippen molar-refractivity contribution in [3.8, 4) is 5.75 Å². The fourth-order valence-corrected chi connectivity index (χ4v) is 1.43. The van der Waals surface area contributed by atoms with Crippen molar-refractivity contribution in [3.63, 3.8) is 0 Å². The molecule has 5 nitrogen and oxygen atoms in total. The first-order valence-electron chi connectivity index (χ1n) is 5.72. The molecular formula is C13H17NO4. The quantitative estimate of drug-likeness (QED) is 0.797. The van der Waals surface area contributed by atoms with E-state index >= 15 is 0 Å². The van der Waals surface area contributed by atoms with Crippen LogP contribution in [0.25, 0.3) is 0 Å². The summed E-state index contributed by atoms with van der Waals surface area (Å²) in [4.78, 5) is 21.9. The van der Waals surface area contributed by atoms with Crippen LogP contribution >= 0.6 is 0 Å². The van der Waals surface area contributed by atoms with E-state index in [2.05, 4.69) is 5.32 Å². The summed E-state index contributed by atoms with van der Waals surface area (Å²) in [6.07, 6.45) is 0.129. The molecule has 0 saturated carbocycles. The van der Waals surface area contributed by atoms with Crippen LogP contribution in [0.3, 0.4) is 0 Å². The Morgan fingerprint density at radius 1 is 1.33 bits per heavy atom. The Balaban J connectivity index is 2.65. The van der Waals surface area contributed by atoms with Crippen LogP contribution in [0.2, 0.25) is 0 Å². The summed E-state index contributed by atoms with van der Waals surface area (Å²) in [5.74, 6) is -0.745. The van der Waals surface area contributed by atoms with Crippen molar-refractivity contribution in [2.45, 2.75) is 26.4 Å². The number of carboxylic acids is 1. The van der Waals surface area contributed by atoms with Crippen molar-refractivity contribution >= 4 is 11.9 Å². The molecule has 0 bridgehead atoms. The van der Waals surface area contributed by atoms with Crippen LogP contribution in [-0.2, 0) is 16.0 Å². The van der Waals surface area contributed by atoms with E-state index in [-0.39, 0.29) is 25.0 Å². The lowest BCUT2D eigenvalue weighted by Crippen LogP contribution is -2.30. The topological polar surface area (TPSA) is 75.6 Å². The highest BCUT2D eigenvalue weighted by Crippen LogP contribution is 2.19. The Labute approximate surface area is 106 Å². The van der Waals surface area contributed by atoms with Crippen LogP contribution in [0.4, 0.5) is 0 Å². The highest BCUT2D eigenvalue weighted by molar-refractivity contribution is 5.83. The number of rotatable bonds is 6. The standard InChI is InChI=1S/C13H17NO4/c1-9(2)18-11-6-4-3-5-10(11)7-12(15)14-8-13(16)17/h3-6,9H,7-8H2,1-2H3,(H,14,15)(H,16,17). The van der Waals surface area contributed by atoms with Gasteiger partial charge in [-0.3, -0.25) is 9.59 Å². The molecule has 5 heteroatoms. The van der Waals surface area contributed by atoms with Gasteiger partial charge in [0.25, 0.3) is 0 Å². The number of hydrogen-bond acceptors (Lipinski definition) is 3. The summed E-state index contributed by atoms with van der Waals surface area (Å²) < 4.78 is 5.58. The molecule has 0 radical (unpaired) electrons. The maximum atomic E-state index is 11.5. The first-order valence-corrected chi connectivity index (χ1v) is 5.72. The fraction of sp³-hybridized carbons (Fsp3) is 0.385. The van der Waals surface area contributed by atoms with E-state index in [0.29, 0.717) is 5.75 Å². The van der Waals surface area contributed by atoms with Gasteiger partial charge in [0.05, 0.1) is 12.5 Å². The summed E-state index contributed by atoms with van der Waals surface area (Å²) in [7, 11) is 0. The Morgan fingerprint density at radius 3 is 2.61 bits per heavy atom. The highest BCUT2D eigenvalue weighted by atomic mass is 16.5. The fourth-order valence-electron chi connectivity index (χ4n) is 1.43. The van der Waals surface area contributed by atoms with Gasteiger partial charge in [-0.2, -0.15) is 0 Å². The van der Waals surface area contributed by atoms with E-state index in [4.69, 9.17) is 9.84 Å². The Hall–Kier alpha value is -2.04. The molecule has 0 aromatic heterocycles. The minimum absolute atomic E-state index is 0.0215. The van der Waals surface area contributed by atoms with E-state index in [1.165, 1.54) is 0 Å². The third-order valence-corrected chi connectivity index (χ3v) is 2.12. The molecule has 0 saturated heterocycles. The van der Waals surface area contributed by atoms with Crippen molar-refractivity contribution in [1.82, 2.24) is 5.32 Å². The second kappa shape index (κ2) is 6.64. The van der Waals surface area contributed by atoms with Crippen LogP contribution in [0, 0.1) is 0 Å². The largest absolute Gasteiger partial charge is 0.491 e. The second-order valence-corrected chi connectivity index (χ2v) is 4.12. The number of amides is 1. The maximum Gasteiger partial charge on any atom is 0.322 e. The van der Waals surface area contributed by atoms with Crippen molar-refractivity contribution in [1.29, 1.82) is 0 Å². The Morgan fingerprint density at radius 2 is 2.00 bits per heavy atom. The lowest BCUT2D eigenvalue weighted by atomic mass is 10.1. The van der Waals surface area contributed by atoms with Crippen molar-refractivity contribution < 1.29 is 19.4 Å². The molecule has 0 heterocycles. The average molecular weight is 251 g/mol. The third-order valence-electron chi connectivity index (χ3n) is 2.12. The molecule has 0 spiro atoms. The molecule has 1 aromatic rings. The third kappa shape index (κ3) is 4.86. The normalized spacial score (nSPS) is 10.2. The highest BCUT2D eigenvalue weighted by Gasteiger charge is 2.10. The molecule has 1 aromatic carbocycles. The van der Waals surface area contributed by atoms with Crippen molar-refractivity contribution in [3.05, 3.63) is 29.8 Å². The van der Waals surface area contributed by atoms with Crippen LogP contribution < -0.4 is 10.1 Å². The van der Waals surface area contributed by atoms with Gasteiger partial charge >= 0.3 is 5.97 Å². The number of para-hydroxylation sites is 1. The molecular weight excluding hydrogens is 234 g/mol. The van der Waals surface area contributed by atoms with Crippen LogP contribution in [0.5, 0.6) is 5.75 Å². The van der Waals surface area contributed by atoms with Gasteiger partial charge in [0.1, 0.15) is 12.3 Å². The zero-order valence-electron chi connectivity index (χ0n) is 10.5. The molecule has 18 heavy (non-hydrogen) atoms. The predicted octanol–water partition coefficient (Wildman–Crippen LogP) is 1.22. The molecule has 1 amide bonds. The molecule has 1 rings (SSSR count). The van der Waals surface area contributed by atoms with Gasteiger partial charge in [0.2, 0.25) is 5.91 Å². The smallest absolute Gasteiger partial charge is 0.322 e. The van der Waals surface area contributed by atoms with Gasteiger partial charge in [-0.15, -0.1) is 0 Å². The van der Waals surface area contributed by atoms with Gasteiger partial charge in [0, 0.05) is 5.56 Å². The molecule has 0 unspecified atom stereocenters. The lowest BCUT2D eigenvalue weighted by Gasteiger charge is -2.13. The van der Waals surface area contributed by atoms with Crippen LogP contribution in [-0.4, -0.2) is 29.6 Å². The molecule has 0 fully saturated rings. The van der Waals surface area contributed by atoms with E-state index in [9.17, 15) is 9.59 Å². The zero-order valence-corrected chi connectivity index (χ0v) is 10.5. The number of aliphatic carboxylic acids is 1. The minimum Gasteiger partial charge on any atom is -0.491 e. The molecule has 2 N–H and O–H groups in total. The molecule has 0 aliphatic carbocycles.